The summed E-state index contributed by atoms with van der Waals surface area (Å²) in [5, 5.41) is 11.4. The summed E-state index contributed by atoms with van der Waals surface area (Å²) in [7, 11) is 1.73. The van der Waals surface area contributed by atoms with E-state index in [9.17, 15) is 5.11 Å². The highest BCUT2D eigenvalue weighted by Crippen LogP contribution is 2.44. The van der Waals surface area contributed by atoms with Gasteiger partial charge in [0.15, 0.2) is 5.13 Å². The summed E-state index contributed by atoms with van der Waals surface area (Å²) in [5.41, 5.74) is 1.22. The average Bonchev–Trinajstić information content (AvgIpc) is 2.76. The Morgan fingerprint density at radius 3 is 2.81 bits per heavy atom. The predicted molar refractivity (Wildman–Crippen MR) is 88.1 cm³/mol. The van der Waals surface area contributed by atoms with E-state index in [1.54, 1.807) is 18.4 Å². The maximum Gasteiger partial charge on any atom is 0.185 e. The zero-order valence-electron chi connectivity index (χ0n) is 13.8. The number of aliphatic hydroxyl groups excluding tert-OH is 1. The summed E-state index contributed by atoms with van der Waals surface area (Å²) in [6, 6.07) is 0. The minimum Gasteiger partial charge on any atom is -0.387 e. The summed E-state index contributed by atoms with van der Waals surface area (Å²) < 4.78 is 5.22. The van der Waals surface area contributed by atoms with Gasteiger partial charge in [-0.25, -0.2) is 4.98 Å². The molecule has 0 radical (unpaired) electrons. The van der Waals surface area contributed by atoms with Crippen molar-refractivity contribution < 1.29 is 9.84 Å². The van der Waals surface area contributed by atoms with Crippen LogP contribution in [0, 0.1) is 11.3 Å². The van der Waals surface area contributed by atoms with Gasteiger partial charge in [0.05, 0.1) is 23.3 Å². The number of rotatable bonds is 6. The Balaban J connectivity index is 2.23. The third kappa shape index (κ3) is 4.18. The van der Waals surface area contributed by atoms with Crippen molar-refractivity contribution in [2.45, 2.75) is 46.6 Å². The van der Waals surface area contributed by atoms with Gasteiger partial charge in [-0.05, 0) is 24.2 Å². The molecule has 0 bridgehead atoms. The van der Waals surface area contributed by atoms with E-state index in [1.165, 1.54) is 0 Å². The van der Waals surface area contributed by atoms with Crippen LogP contribution in [0.4, 0.5) is 5.13 Å². The molecule has 21 heavy (non-hydrogen) atoms. The molecular formula is C16H28N2O2S. The van der Waals surface area contributed by atoms with Crippen molar-refractivity contribution in [1.29, 1.82) is 0 Å². The van der Waals surface area contributed by atoms with Crippen LogP contribution in [0.3, 0.4) is 0 Å². The summed E-state index contributed by atoms with van der Waals surface area (Å²) in [6.07, 6.45) is 1.41. The lowest BCUT2D eigenvalue weighted by molar-refractivity contribution is 0.102. The molecule has 0 amide bonds. The second-order valence-corrected chi connectivity index (χ2v) is 8.21. The lowest BCUT2D eigenvalue weighted by Gasteiger charge is -2.31. The Kier molecular flexibility index (Phi) is 5.28. The Morgan fingerprint density at radius 2 is 2.19 bits per heavy atom. The van der Waals surface area contributed by atoms with E-state index < -0.39 is 0 Å². The zero-order chi connectivity index (χ0) is 15.6. The van der Waals surface area contributed by atoms with Gasteiger partial charge in [0, 0.05) is 20.2 Å². The predicted octanol–water partition coefficient (Wildman–Crippen LogP) is 3.26. The first-order chi connectivity index (χ1) is 9.82. The quantitative estimate of drug-likeness (QED) is 0.876. The number of hydrogen-bond acceptors (Lipinski definition) is 5. The molecule has 4 nitrogen and oxygen atoms in total. The van der Waals surface area contributed by atoms with Crippen LogP contribution in [0.1, 0.15) is 50.8 Å². The normalized spacial score (nSPS) is 20.6. The molecule has 1 aliphatic rings. The lowest BCUT2D eigenvalue weighted by Crippen LogP contribution is -2.31. The molecule has 1 heterocycles. The molecule has 1 aromatic heterocycles. The molecular weight excluding hydrogens is 284 g/mol. The van der Waals surface area contributed by atoms with Crippen molar-refractivity contribution in [1.82, 2.24) is 4.98 Å². The van der Waals surface area contributed by atoms with E-state index in [1.807, 2.05) is 0 Å². The van der Waals surface area contributed by atoms with Gasteiger partial charge in [-0.1, -0.05) is 39.0 Å². The number of aliphatic hydroxyl groups is 1. The Morgan fingerprint density at radius 1 is 1.48 bits per heavy atom. The summed E-state index contributed by atoms with van der Waals surface area (Å²) in [6.45, 7) is 11.3. The second kappa shape index (κ2) is 6.63. The van der Waals surface area contributed by atoms with Gasteiger partial charge < -0.3 is 14.7 Å². The molecule has 0 spiro atoms. The molecule has 5 heteroatoms. The molecule has 0 aromatic carbocycles. The van der Waals surface area contributed by atoms with Crippen molar-refractivity contribution in [3.63, 3.8) is 0 Å². The lowest BCUT2D eigenvalue weighted by atomic mass is 9.77. The number of fused-ring (bicyclic) bond motifs is 1. The minimum absolute atomic E-state index is 0.132. The monoisotopic (exact) mass is 312 g/mol. The fourth-order valence-electron chi connectivity index (χ4n) is 2.92. The van der Waals surface area contributed by atoms with Crippen LogP contribution in [-0.2, 0) is 11.2 Å². The topological polar surface area (TPSA) is 45.6 Å². The van der Waals surface area contributed by atoms with Crippen molar-refractivity contribution in [2.24, 2.45) is 11.3 Å². The van der Waals surface area contributed by atoms with Crippen LogP contribution in [0.5, 0.6) is 0 Å². The molecule has 0 saturated heterocycles. The number of nitrogens with zero attached hydrogens (tertiary/aromatic N) is 2. The highest BCUT2D eigenvalue weighted by atomic mass is 32.1. The molecule has 0 aliphatic heterocycles. The van der Waals surface area contributed by atoms with Crippen LogP contribution in [0.15, 0.2) is 0 Å². The first-order valence-corrected chi connectivity index (χ1v) is 8.55. The van der Waals surface area contributed by atoms with E-state index >= 15 is 0 Å². The van der Waals surface area contributed by atoms with Gasteiger partial charge in [-0.15, -0.1) is 0 Å². The first-order valence-electron chi connectivity index (χ1n) is 7.74. The number of methoxy groups -OCH3 is 1. The number of hydrogen-bond donors (Lipinski definition) is 1. The van der Waals surface area contributed by atoms with Crippen molar-refractivity contribution in [3.05, 3.63) is 10.6 Å². The summed E-state index contributed by atoms with van der Waals surface area (Å²) in [4.78, 5) is 8.19. The molecule has 2 rings (SSSR count). The second-order valence-electron chi connectivity index (χ2n) is 7.20. The number of aromatic nitrogens is 1. The minimum atomic E-state index is -0.363. The average molecular weight is 312 g/mol. The fourth-order valence-corrected chi connectivity index (χ4v) is 4.02. The third-order valence-electron chi connectivity index (χ3n) is 3.83. The van der Waals surface area contributed by atoms with Crippen LogP contribution in [0.2, 0.25) is 0 Å². The van der Waals surface area contributed by atoms with Crippen molar-refractivity contribution in [2.75, 3.05) is 31.7 Å². The van der Waals surface area contributed by atoms with Gasteiger partial charge in [0.25, 0.3) is 0 Å². The molecule has 0 fully saturated rings. The molecule has 1 aliphatic carbocycles. The summed E-state index contributed by atoms with van der Waals surface area (Å²) in [5.74, 6) is 0.573. The molecule has 0 saturated carbocycles. The Bertz CT molecular complexity index is 471. The SMILES string of the molecule is COCCN(CC(C)C)c1nc2c(s1)C(O)CC(C)(C)C2. The molecule has 1 aromatic rings. The van der Waals surface area contributed by atoms with Crippen LogP contribution < -0.4 is 4.90 Å². The third-order valence-corrected chi connectivity index (χ3v) is 5.09. The standard InChI is InChI=1S/C16H28N2O2S/c1-11(2)10-18(6-7-20-5)15-17-12-8-16(3,4)9-13(19)14(12)21-15/h11,13,19H,6-10H2,1-5H3. The van der Waals surface area contributed by atoms with E-state index in [2.05, 4.69) is 32.6 Å². The maximum absolute atomic E-state index is 10.4. The maximum atomic E-state index is 10.4. The van der Waals surface area contributed by atoms with E-state index in [0.29, 0.717) is 12.5 Å². The summed E-state index contributed by atoms with van der Waals surface area (Å²) >= 11 is 1.65. The molecule has 120 valence electrons. The highest BCUT2D eigenvalue weighted by molar-refractivity contribution is 7.15. The zero-order valence-corrected chi connectivity index (χ0v) is 14.7. The first kappa shape index (κ1) is 16.7. The van der Waals surface area contributed by atoms with Gasteiger partial charge >= 0.3 is 0 Å². The largest absolute Gasteiger partial charge is 0.387 e. The van der Waals surface area contributed by atoms with Crippen LogP contribution >= 0.6 is 11.3 Å². The van der Waals surface area contributed by atoms with Crippen LogP contribution in [0.25, 0.3) is 0 Å². The number of ether oxygens (including phenoxy) is 1. The molecule has 1 atom stereocenters. The van der Waals surface area contributed by atoms with Gasteiger partial charge in [-0.2, -0.15) is 0 Å². The van der Waals surface area contributed by atoms with Crippen molar-refractivity contribution >= 4 is 16.5 Å². The van der Waals surface area contributed by atoms with Gasteiger partial charge in [0.2, 0.25) is 0 Å². The number of thiazole rings is 1. The smallest absolute Gasteiger partial charge is 0.185 e. The highest BCUT2D eigenvalue weighted by Gasteiger charge is 2.34. The van der Waals surface area contributed by atoms with E-state index in [-0.39, 0.29) is 11.5 Å². The molecule has 1 N–H and O–H groups in total. The molecule has 1 unspecified atom stereocenters. The van der Waals surface area contributed by atoms with Crippen LogP contribution in [-0.4, -0.2) is 36.9 Å². The van der Waals surface area contributed by atoms with Gasteiger partial charge in [0.1, 0.15) is 0 Å². The Labute approximate surface area is 132 Å². The Hall–Kier alpha value is -0.650. The van der Waals surface area contributed by atoms with Gasteiger partial charge in [-0.3, -0.25) is 0 Å². The number of anilines is 1. The van der Waals surface area contributed by atoms with E-state index in [0.717, 1.165) is 41.6 Å². The fraction of sp³-hybridized carbons (Fsp3) is 0.812. The van der Waals surface area contributed by atoms with Crippen molar-refractivity contribution in [3.8, 4) is 0 Å². The van der Waals surface area contributed by atoms with E-state index in [4.69, 9.17) is 9.72 Å².